The number of nitrogens with zero attached hydrogens (tertiary/aromatic N) is 6. The van der Waals surface area contributed by atoms with Gasteiger partial charge in [-0.15, -0.1) is 10.2 Å². The Balaban J connectivity index is 1.28. The molecule has 0 aliphatic heterocycles. The highest BCUT2D eigenvalue weighted by molar-refractivity contribution is 5.20. The SMILES string of the molecule is OCC(c1ccccc1)n1cc(CCCCc2cn(C(CO)c3ccccc3)nn2)nn1. The van der Waals surface area contributed by atoms with E-state index in [1.54, 1.807) is 9.36 Å². The first-order chi connectivity index (χ1) is 15.8. The summed E-state index contributed by atoms with van der Waals surface area (Å²) in [7, 11) is 0. The highest BCUT2D eigenvalue weighted by atomic mass is 16.3. The molecule has 0 saturated carbocycles. The molecule has 0 aliphatic carbocycles. The Bertz CT molecular complexity index is 992. The summed E-state index contributed by atoms with van der Waals surface area (Å²) in [5, 5.41) is 36.6. The number of aryl methyl sites for hydroxylation is 2. The van der Waals surface area contributed by atoms with Gasteiger partial charge in [-0.05, 0) is 36.8 Å². The lowest BCUT2D eigenvalue weighted by Gasteiger charge is -2.14. The third kappa shape index (κ3) is 5.27. The lowest BCUT2D eigenvalue weighted by Crippen LogP contribution is -2.15. The number of unbranched alkanes of at least 4 members (excludes halogenated alkanes) is 1. The monoisotopic (exact) mass is 432 g/mol. The summed E-state index contributed by atoms with van der Waals surface area (Å²) in [5.74, 6) is 0. The van der Waals surface area contributed by atoms with Gasteiger partial charge >= 0.3 is 0 Å². The van der Waals surface area contributed by atoms with Gasteiger partial charge in [0.15, 0.2) is 0 Å². The lowest BCUT2D eigenvalue weighted by atomic mass is 10.1. The lowest BCUT2D eigenvalue weighted by molar-refractivity contribution is 0.239. The molecule has 0 amide bonds. The normalized spacial score (nSPS) is 13.2. The fraction of sp³-hybridized carbons (Fsp3) is 0.333. The van der Waals surface area contributed by atoms with E-state index in [4.69, 9.17) is 0 Å². The number of aliphatic hydroxyl groups is 2. The molecule has 2 unspecified atom stereocenters. The molecular formula is C24H28N6O2. The molecule has 166 valence electrons. The van der Waals surface area contributed by atoms with Gasteiger partial charge in [0.1, 0.15) is 12.1 Å². The Kier molecular flexibility index (Phi) is 7.37. The Hall–Kier alpha value is -3.36. The van der Waals surface area contributed by atoms with Crippen LogP contribution in [0.3, 0.4) is 0 Å². The van der Waals surface area contributed by atoms with Gasteiger partial charge in [0.25, 0.3) is 0 Å². The van der Waals surface area contributed by atoms with Crippen LogP contribution in [-0.4, -0.2) is 53.4 Å². The Morgan fingerprint density at radius 1 is 0.625 bits per heavy atom. The summed E-state index contributed by atoms with van der Waals surface area (Å²) in [6, 6.07) is 19.2. The van der Waals surface area contributed by atoms with Gasteiger partial charge in [0.2, 0.25) is 0 Å². The van der Waals surface area contributed by atoms with Crippen molar-refractivity contribution in [3.63, 3.8) is 0 Å². The quantitative estimate of drug-likeness (QED) is 0.353. The molecule has 4 rings (SSSR count). The van der Waals surface area contributed by atoms with Gasteiger partial charge in [-0.1, -0.05) is 71.1 Å². The summed E-state index contributed by atoms with van der Waals surface area (Å²) in [5.41, 5.74) is 3.83. The maximum Gasteiger partial charge on any atom is 0.102 e. The predicted octanol–water partition coefficient (Wildman–Crippen LogP) is 2.60. The second-order valence-electron chi connectivity index (χ2n) is 7.80. The van der Waals surface area contributed by atoms with Gasteiger partial charge < -0.3 is 10.2 Å². The summed E-state index contributed by atoms with van der Waals surface area (Å²) < 4.78 is 3.46. The van der Waals surface area contributed by atoms with Crippen LogP contribution in [0.25, 0.3) is 0 Å². The van der Waals surface area contributed by atoms with Crippen molar-refractivity contribution in [3.8, 4) is 0 Å². The zero-order valence-electron chi connectivity index (χ0n) is 17.9. The molecule has 0 fully saturated rings. The van der Waals surface area contributed by atoms with Crippen molar-refractivity contribution in [2.45, 2.75) is 37.8 Å². The fourth-order valence-electron chi connectivity index (χ4n) is 3.81. The topological polar surface area (TPSA) is 102 Å². The minimum absolute atomic E-state index is 0.0275. The van der Waals surface area contributed by atoms with Crippen LogP contribution in [-0.2, 0) is 12.8 Å². The van der Waals surface area contributed by atoms with Crippen LogP contribution >= 0.6 is 0 Å². The number of hydrogen-bond donors (Lipinski definition) is 2. The maximum atomic E-state index is 9.79. The van der Waals surface area contributed by atoms with Crippen molar-refractivity contribution in [3.05, 3.63) is 95.6 Å². The molecular weight excluding hydrogens is 404 g/mol. The third-order valence-corrected chi connectivity index (χ3v) is 5.58. The van der Waals surface area contributed by atoms with E-state index in [1.165, 1.54) is 0 Å². The third-order valence-electron chi connectivity index (χ3n) is 5.58. The molecule has 2 aromatic heterocycles. The number of aliphatic hydroxyl groups excluding tert-OH is 2. The van der Waals surface area contributed by atoms with Crippen molar-refractivity contribution in [1.29, 1.82) is 0 Å². The molecule has 2 heterocycles. The molecule has 32 heavy (non-hydrogen) atoms. The summed E-state index contributed by atoms with van der Waals surface area (Å²) in [6.07, 6.45) is 7.34. The number of aromatic nitrogens is 6. The van der Waals surface area contributed by atoms with Crippen LogP contribution in [0.1, 0.15) is 47.4 Å². The Labute approximate surface area is 187 Å². The second-order valence-corrected chi connectivity index (χ2v) is 7.80. The maximum absolute atomic E-state index is 9.79. The molecule has 4 aromatic rings. The molecule has 0 spiro atoms. The second kappa shape index (κ2) is 10.8. The average Bonchev–Trinajstić information content (AvgIpc) is 3.50. The molecule has 8 heteroatoms. The first kappa shape index (κ1) is 21.9. The first-order valence-corrected chi connectivity index (χ1v) is 10.9. The Morgan fingerprint density at radius 2 is 1.03 bits per heavy atom. The van der Waals surface area contributed by atoms with E-state index in [0.717, 1.165) is 48.2 Å². The smallest absolute Gasteiger partial charge is 0.102 e. The highest BCUT2D eigenvalue weighted by Gasteiger charge is 2.16. The van der Waals surface area contributed by atoms with Crippen LogP contribution < -0.4 is 0 Å². The molecule has 0 saturated heterocycles. The van der Waals surface area contributed by atoms with Gasteiger partial charge in [-0.2, -0.15) is 0 Å². The van der Waals surface area contributed by atoms with Gasteiger partial charge in [-0.25, -0.2) is 9.36 Å². The zero-order chi connectivity index (χ0) is 22.2. The van der Waals surface area contributed by atoms with Crippen LogP contribution in [0.2, 0.25) is 0 Å². The predicted molar refractivity (Wildman–Crippen MR) is 120 cm³/mol. The number of rotatable bonds is 11. The van der Waals surface area contributed by atoms with Gasteiger partial charge in [0, 0.05) is 12.4 Å². The van der Waals surface area contributed by atoms with Crippen molar-refractivity contribution >= 4 is 0 Å². The Morgan fingerprint density at radius 3 is 1.41 bits per heavy atom. The largest absolute Gasteiger partial charge is 0.394 e. The summed E-state index contributed by atoms with van der Waals surface area (Å²) in [4.78, 5) is 0. The van der Waals surface area contributed by atoms with Gasteiger partial charge in [-0.3, -0.25) is 0 Å². The van der Waals surface area contributed by atoms with E-state index in [-0.39, 0.29) is 25.3 Å². The van der Waals surface area contributed by atoms with E-state index >= 15 is 0 Å². The zero-order valence-corrected chi connectivity index (χ0v) is 17.9. The number of hydrogen-bond acceptors (Lipinski definition) is 6. The van der Waals surface area contributed by atoms with E-state index in [2.05, 4.69) is 20.6 Å². The molecule has 0 bridgehead atoms. The number of benzene rings is 2. The van der Waals surface area contributed by atoms with Crippen molar-refractivity contribution in [2.75, 3.05) is 13.2 Å². The van der Waals surface area contributed by atoms with E-state index < -0.39 is 0 Å². The van der Waals surface area contributed by atoms with E-state index in [9.17, 15) is 10.2 Å². The standard InChI is InChI=1S/C24H28N6O2/c31-17-23(19-9-3-1-4-10-19)29-15-21(25-27-29)13-7-8-14-22-16-30(28-26-22)24(18-32)20-11-5-2-6-12-20/h1-6,9-12,15-16,23-24,31-32H,7-8,13-14,17-18H2. The van der Waals surface area contributed by atoms with E-state index in [1.807, 2.05) is 73.1 Å². The molecule has 8 nitrogen and oxygen atoms in total. The van der Waals surface area contributed by atoms with Crippen molar-refractivity contribution < 1.29 is 10.2 Å². The summed E-state index contributed by atoms with van der Waals surface area (Å²) >= 11 is 0. The van der Waals surface area contributed by atoms with E-state index in [0.29, 0.717) is 0 Å². The molecule has 0 radical (unpaired) electrons. The van der Waals surface area contributed by atoms with Crippen LogP contribution in [0, 0.1) is 0 Å². The molecule has 2 N–H and O–H groups in total. The van der Waals surface area contributed by atoms with Crippen LogP contribution in [0.4, 0.5) is 0 Å². The average molecular weight is 433 g/mol. The van der Waals surface area contributed by atoms with Crippen LogP contribution in [0.5, 0.6) is 0 Å². The summed E-state index contributed by atoms with van der Waals surface area (Å²) in [6.45, 7) is -0.0550. The van der Waals surface area contributed by atoms with Crippen LogP contribution in [0.15, 0.2) is 73.1 Å². The van der Waals surface area contributed by atoms with Crippen molar-refractivity contribution in [2.24, 2.45) is 0 Å². The first-order valence-electron chi connectivity index (χ1n) is 10.9. The molecule has 2 aromatic carbocycles. The minimum atomic E-state index is -0.225. The molecule has 0 aliphatic rings. The minimum Gasteiger partial charge on any atom is -0.394 e. The van der Waals surface area contributed by atoms with Gasteiger partial charge in [0.05, 0.1) is 24.6 Å². The molecule has 2 atom stereocenters. The fourth-order valence-corrected chi connectivity index (χ4v) is 3.81. The highest BCUT2D eigenvalue weighted by Crippen LogP contribution is 2.18. The van der Waals surface area contributed by atoms with Crippen molar-refractivity contribution in [1.82, 2.24) is 30.0 Å².